The van der Waals surface area contributed by atoms with E-state index in [1.165, 1.54) is 48.4 Å². The zero-order valence-electron chi connectivity index (χ0n) is 11.7. The van der Waals surface area contributed by atoms with Gasteiger partial charge in [-0.1, -0.05) is 42.5 Å². The van der Waals surface area contributed by atoms with E-state index in [1.807, 2.05) is 0 Å². The van der Waals surface area contributed by atoms with Gasteiger partial charge in [0.05, 0.1) is 0 Å². The van der Waals surface area contributed by atoms with E-state index in [1.54, 1.807) is 0 Å². The van der Waals surface area contributed by atoms with Gasteiger partial charge in [0.2, 0.25) is 0 Å². The van der Waals surface area contributed by atoms with Crippen molar-refractivity contribution >= 4 is 10.8 Å². The number of hydrogen-bond acceptors (Lipinski definition) is 1. The third-order valence-corrected chi connectivity index (χ3v) is 4.40. The van der Waals surface area contributed by atoms with Crippen molar-refractivity contribution in [2.24, 2.45) is 5.92 Å². The molecular weight excluding hydrogens is 230 g/mol. The fraction of sp³-hybridized carbons (Fsp3) is 0.444. The summed E-state index contributed by atoms with van der Waals surface area (Å²) in [5.41, 5.74) is 1.50. The van der Waals surface area contributed by atoms with Crippen LogP contribution in [0.2, 0.25) is 0 Å². The first-order chi connectivity index (χ1) is 9.38. The lowest BCUT2D eigenvalue weighted by Crippen LogP contribution is -2.27. The van der Waals surface area contributed by atoms with E-state index in [0.29, 0.717) is 0 Å². The smallest absolute Gasteiger partial charge is 0.00924 e. The van der Waals surface area contributed by atoms with Gasteiger partial charge in [0, 0.05) is 6.04 Å². The Bertz CT molecular complexity index is 537. The molecule has 1 atom stereocenters. The molecule has 0 aliphatic heterocycles. The number of benzene rings is 2. The van der Waals surface area contributed by atoms with Crippen LogP contribution in [0.25, 0.3) is 10.8 Å². The molecule has 100 valence electrons. The van der Waals surface area contributed by atoms with Crippen LogP contribution >= 0.6 is 0 Å². The van der Waals surface area contributed by atoms with Crippen molar-refractivity contribution in [1.82, 2.24) is 5.32 Å². The summed E-state index contributed by atoms with van der Waals surface area (Å²) in [5.74, 6) is 0.956. The van der Waals surface area contributed by atoms with Crippen molar-refractivity contribution in [3.63, 3.8) is 0 Å². The summed E-state index contributed by atoms with van der Waals surface area (Å²) < 4.78 is 0. The molecule has 1 heteroatoms. The number of hydrogen-bond donors (Lipinski definition) is 1. The second-order valence-electron chi connectivity index (χ2n) is 5.76. The van der Waals surface area contributed by atoms with Crippen molar-refractivity contribution in [2.75, 3.05) is 7.05 Å². The first-order valence-electron chi connectivity index (χ1n) is 7.52. The van der Waals surface area contributed by atoms with Crippen LogP contribution in [0, 0.1) is 5.92 Å². The molecule has 2 aromatic carbocycles. The van der Waals surface area contributed by atoms with Crippen LogP contribution in [-0.4, -0.2) is 13.1 Å². The van der Waals surface area contributed by atoms with E-state index in [2.05, 4.69) is 54.8 Å². The molecule has 0 radical (unpaired) electrons. The zero-order valence-corrected chi connectivity index (χ0v) is 11.7. The predicted molar refractivity (Wildman–Crippen MR) is 82.5 cm³/mol. The van der Waals surface area contributed by atoms with Crippen molar-refractivity contribution in [3.05, 3.63) is 48.0 Å². The van der Waals surface area contributed by atoms with Gasteiger partial charge in [-0.3, -0.25) is 0 Å². The second-order valence-corrected chi connectivity index (χ2v) is 5.76. The van der Waals surface area contributed by atoms with Crippen LogP contribution in [0.15, 0.2) is 42.5 Å². The topological polar surface area (TPSA) is 12.0 Å². The lowest BCUT2D eigenvalue weighted by molar-refractivity contribution is 0.457. The fourth-order valence-electron chi connectivity index (χ4n) is 3.14. The lowest BCUT2D eigenvalue weighted by atomic mass is 9.98. The van der Waals surface area contributed by atoms with Gasteiger partial charge in [-0.05, 0) is 61.4 Å². The maximum absolute atomic E-state index is 3.49. The molecule has 1 N–H and O–H groups in total. The van der Waals surface area contributed by atoms with E-state index >= 15 is 0 Å². The average molecular weight is 253 g/mol. The summed E-state index contributed by atoms with van der Waals surface area (Å²) in [4.78, 5) is 0. The lowest BCUT2D eigenvalue weighted by Gasteiger charge is -2.15. The Morgan fingerprint density at radius 1 is 1.11 bits per heavy atom. The predicted octanol–water partition coefficient (Wildman–Crippen LogP) is 4.16. The highest BCUT2D eigenvalue weighted by Crippen LogP contribution is 2.34. The number of nitrogens with one attached hydrogen (secondary N) is 1. The minimum atomic E-state index is 0.745. The van der Waals surface area contributed by atoms with E-state index in [0.717, 1.165) is 12.0 Å². The minimum Gasteiger partial charge on any atom is -0.317 e. The monoisotopic (exact) mass is 253 g/mol. The maximum atomic E-state index is 3.49. The molecular formula is C18H23N. The third-order valence-electron chi connectivity index (χ3n) is 4.40. The molecule has 0 heterocycles. The molecule has 0 saturated heterocycles. The van der Waals surface area contributed by atoms with Gasteiger partial charge in [0.15, 0.2) is 0 Å². The van der Waals surface area contributed by atoms with Crippen LogP contribution in [0.1, 0.15) is 31.2 Å². The molecule has 0 amide bonds. The molecule has 0 bridgehead atoms. The summed E-state index contributed by atoms with van der Waals surface area (Å²) in [7, 11) is 2.11. The Labute approximate surface area is 116 Å². The van der Waals surface area contributed by atoms with Crippen molar-refractivity contribution in [3.8, 4) is 0 Å². The zero-order chi connectivity index (χ0) is 13.1. The third kappa shape index (κ3) is 2.98. The molecule has 2 aromatic rings. The highest BCUT2D eigenvalue weighted by Gasteiger charge is 2.29. The second kappa shape index (κ2) is 5.75. The van der Waals surface area contributed by atoms with Gasteiger partial charge in [-0.2, -0.15) is 0 Å². The molecule has 1 aliphatic carbocycles. The SMILES string of the molecule is CNC(CCCc1cccc2ccccc12)C1CC1. The Hall–Kier alpha value is -1.34. The highest BCUT2D eigenvalue weighted by molar-refractivity contribution is 5.85. The van der Waals surface area contributed by atoms with Crippen LogP contribution < -0.4 is 5.32 Å². The Kier molecular flexibility index (Phi) is 3.84. The normalized spacial score (nSPS) is 16.7. The largest absolute Gasteiger partial charge is 0.317 e. The van der Waals surface area contributed by atoms with Crippen molar-refractivity contribution < 1.29 is 0 Å². The summed E-state index contributed by atoms with van der Waals surface area (Å²) in [6.45, 7) is 0. The van der Waals surface area contributed by atoms with Gasteiger partial charge in [0.1, 0.15) is 0 Å². The number of fused-ring (bicyclic) bond motifs is 1. The fourth-order valence-corrected chi connectivity index (χ4v) is 3.14. The molecule has 1 unspecified atom stereocenters. The molecule has 0 aromatic heterocycles. The van der Waals surface area contributed by atoms with E-state index in [-0.39, 0.29) is 0 Å². The molecule has 19 heavy (non-hydrogen) atoms. The van der Waals surface area contributed by atoms with Crippen LogP contribution in [-0.2, 0) is 6.42 Å². The maximum Gasteiger partial charge on any atom is 0.00924 e. The highest BCUT2D eigenvalue weighted by atomic mass is 14.9. The molecule has 0 spiro atoms. The first kappa shape index (κ1) is 12.7. The van der Waals surface area contributed by atoms with Gasteiger partial charge in [-0.25, -0.2) is 0 Å². The quantitative estimate of drug-likeness (QED) is 0.815. The first-order valence-corrected chi connectivity index (χ1v) is 7.52. The van der Waals surface area contributed by atoms with Crippen molar-refractivity contribution in [2.45, 2.75) is 38.1 Å². The summed E-state index contributed by atoms with van der Waals surface area (Å²) >= 11 is 0. The number of rotatable bonds is 6. The Balaban J connectivity index is 1.65. The number of aryl methyl sites for hydroxylation is 1. The van der Waals surface area contributed by atoms with Gasteiger partial charge in [0.25, 0.3) is 0 Å². The summed E-state index contributed by atoms with van der Waals surface area (Å²) in [6, 6.07) is 16.2. The Morgan fingerprint density at radius 2 is 1.89 bits per heavy atom. The molecule has 3 rings (SSSR count). The molecule has 1 fully saturated rings. The molecule has 1 aliphatic rings. The average Bonchev–Trinajstić information content (AvgIpc) is 3.28. The molecule has 1 nitrogen and oxygen atoms in total. The minimum absolute atomic E-state index is 0.745. The van der Waals surface area contributed by atoms with Gasteiger partial charge >= 0.3 is 0 Å². The van der Waals surface area contributed by atoms with Gasteiger partial charge < -0.3 is 5.32 Å². The van der Waals surface area contributed by atoms with Crippen LogP contribution in [0.3, 0.4) is 0 Å². The standard InChI is InChI=1S/C18H23N/c1-19-18(16-12-13-16)11-5-9-15-8-4-7-14-6-2-3-10-17(14)15/h2-4,6-8,10,16,18-19H,5,9,11-13H2,1H3. The van der Waals surface area contributed by atoms with Gasteiger partial charge in [-0.15, -0.1) is 0 Å². The van der Waals surface area contributed by atoms with E-state index in [9.17, 15) is 0 Å². The van der Waals surface area contributed by atoms with E-state index in [4.69, 9.17) is 0 Å². The van der Waals surface area contributed by atoms with Crippen LogP contribution in [0.5, 0.6) is 0 Å². The molecule has 1 saturated carbocycles. The summed E-state index contributed by atoms with van der Waals surface area (Å²) in [6.07, 6.45) is 6.66. The van der Waals surface area contributed by atoms with E-state index < -0.39 is 0 Å². The van der Waals surface area contributed by atoms with Crippen molar-refractivity contribution in [1.29, 1.82) is 0 Å². The summed E-state index contributed by atoms with van der Waals surface area (Å²) in [5, 5.41) is 6.28. The Morgan fingerprint density at radius 3 is 2.68 bits per heavy atom. The van der Waals surface area contributed by atoms with Crippen LogP contribution in [0.4, 0.5) is 0 Å².